The van der Waals surface area contributed by atoms with Crippen LogP contribution < -0.4 is 0 Å². The van der Waals surface area contributed by atoms with E-state index in [2.05, 4.69) is 0 Å². The highest BCUT2D eigenvalue weighted by Gasteiger charge is 1.98. The summed E-state index contributed by atoms with van der Waals surface area (Å²) in [5.74, 6) is -1.66. The Hall–Kier alpha value is -1.66. The van der Waals surface area contributed by atoms with Crippen molar-refractivity contribution in [3.05, 3.63) is 23.3 Å². The van der Waals surface area contributed by atoms with Crippen LogP contribution in [0.1, 0.15) is 26.7 Å². The molecule has 0 aromatic carbocycles. The SMILES string of the molecule is CC(=CCCN(C)C)C(=O)O.CC(=CCCN(C)C)C(=O)O. The summed E-state index contributed by atoms with van der Waals surface area (Å²) in [5.41, 5.74) is 0.846. The van der Waals surface area contributed by atoms with Crippen LogP contribution in [-0.4, -0.2) is 73.2 Å². The first-order valence-corrected chi connectivity index (χ1v) is 7.17. The van der Waals surface area contributed by atoms with Crippen LogP contribution in [0.2, 0.25) is 0 Å². The second kappa shape index (κ2) is 13.0. The van der Waals surface area contributed by atoms with E-state index in [4.69, 9.17) is 10.2 Å². The maximum Gasteiger partial charge on any atom is 0.330 e. The van der Waals surface area contributed by atoms with Gasteiger partial charge in [-0.15, -0.1) is 0 Å². The molecule has 0 rings (SSSR count). The zero-order chi connectivity index (χ0) is 17.7. The normalized spacial score (nSPS) is 12.2. The molecule has 22 heavy (non-hydrogen) atoms. The summed E-state index contributed by atoms with van der Waals surface area (Å²) in [6.07, 6.45) is 5.07. The Morgan fingerprint density at radius 1 is 0.773 bits per heavy atom. The average Bonchev–Trinajstić information content (AvgIpc) is 2.38. The van der Waals surface area contributed by atoms with E-state index < -0.39 is 11.9 Å². The van der Waals surface area contributed by atoms with Crippen molar-refractivity contribution in [1.82, 2.24) is 9.80 Å². The Kier molecular flexibility index (Phi) is 13.4. The summed E-state index contributed by atoms with van der Waals surface area (Å²) in [5, 5.41) is 16.9. The van der Waals surface area contributed by atoms with Crippen molar-refractivity contribution in [3.8, 4) is 0 Å². The molecule has 0 bridgehead atoms. The Morgan fingerprint density at radius 3 is 1.23 bits per heavy atom. The fourth-order valence-corrected chi connectivity index (χ4v) is 1.25. The molecule has 0 aromatic heterocycles. The molecular weight excluding hydrogens is 284 g/mol. The van der Waals surface area contributed by atoms with Gasteiger partial charge < -0.3 is 20.0 Å². The summed E-state index contributed by atoms with van der Waals surface area (Å²) in [6, 6.07) is 0. The molecule has 0 radical (unpaired) electrons. The van der Waals surface area contributed by atoms with Crippen molar-refractivity contribution in [3.63, 3.8) is 0 Å². The summed E-state index contributed by atoms with van der Waals surface area (Å²) in [6.45, 7) is 5.01. The van der Waals surface area contributed by atoms with Crippen molar-refractivity contribution in [2.75, 3.05) is 41.3 Å². The van der Waals surface area contributed by atoms with Crippen LogP contribution in [0.4, 0.5) is 0 Å². The second-order valence-electron chi connectivity index (χ2n) is 5.57. The number of aliphatic carboxylic acids is 2. The van der Waals surface area contributed by atoms with E-state index in [1.807, 2.05) is 38.0 Å². The van der Waals surface area contributed by atoms with Gasteiger partial charge in [0.05, 0.1) is 0 Å². The van der Waals surface area contributed by atoms with Gasteiger partial charge >= 0.3 is 11.9 Å². The fourth-order valence-electron chi connectivity index (χ4n) is 1.25. The molecule has 0 fully saturated rings. The van der Waals surface area contributed by atoms with E-state index in [0.29, 0.717) is 11.1 Å². The third kappa shape index (κ3) is 16.4. The van der Waals surface area contributed by atoms with Gasteiger partial charge in [-0.25, -0.2) is 9.59 Å². The lowest BCUT2D eigenvalue weighted by molar-refractivity contribution is -0.133. The Labute approximate surface area is 133 Å². The minimum atomic E-state index is -0.830. The van der Waals surface area contributed by atoms with Gasteiger partial charge in [-0.05, 0) is 54.9 Å². The smallest absolute Gasteiger partial charge is 0.330 e. The zero-order valence-electron chi connectivity index (χ0n) is 14.6. The van der Waals surface area contributed by atoms with Gasteiger partial charge in [-0.3, -0.25) is 0 Å². The minimum absolute atomic E-state index is 0.423. The summed E-state index contributed by atoms with van der Waals surface area (Å²) < 4.78 is 0. The number of carbonyl (C=O) groups is 2. The Bertz CT molecular complexity index is 361. The molecule has 0 saturated carbocycles. The largest absolute Gasteiger partial charge is 0.478 e. The van der Waals surface area contributed by atoms with Crippen molar-refractivity contribution >= 4 is 11.9 Å². The third-order valence-electron chi connectivity index (χ3n) is 2.73. The summed E-state index contributed by atoms with van der Waals surface area (Å²) in [7, 11) is 7.85. The fraction of sp³-hybridized carbons (Fsp3) is 0.625. The lowest BCUT2D eigenvalue weighted by Crippen LogP contribution is -2.12. The number of hydrogen-bond acceptors (Lipinski definition) is 4. The summed E-state index contributed by atoms with van der Waals surface area (Å²) >= 11 is 0. The number of carboxylic acids is 2. The van der Waals surface area contributed by atoms with Crippen LogP contribution in [0, 0.1) is 0 Å². The number of nitrogens with zero attached hydrogens (tertiary/aromatic N) is 2. The maximum absolute atomic E-state index is 10.3. The third-order valence-corrected chi connectivity index (χ3v) is 2.73. The van der Waals surface area contributed by atoms with Gasteiger partial charge in [0.2, 0.25) is 0 Å². The molecule has 128 valence electrons. The highest BCUT2D eigenvalue weighted by atomic mass is 16.4. The number of carboxylic acid groups (broad SMARTS) is 2. The molecule has 2 N–H and O–H groups in total. The highest BCUT2D eigenvalue weighted by molar-refractivity contribution is 5.86. The van der Waals surface area contributed by atoms with E-state index in [1.54, 1.807) is 26.0 Å². The molecule has 0 spiro atoms. The monoisotopic (exact) mass is 314 g/mol. The van der Waals surface area contributed by atoms with Crippen molar-refractivity contribution in [1.29, 1.82) is 0 Å². The summed E-state index contributed by atoms with van der Waals surface area (Å²) in [4.78, 5) is 24.6. The van der Waals surface area contributed by atoms with Crippen LogP contribution in [-0.2, 0) is 9.59 Å². The standard InChI is InChI=1S/2C8H15NO2/c2*1-7(8(10)11)5-4-6-9(2)3/h2*5H,4,6H2,1-3H3,(H,10,11). The van der Waals surface area contributed by atoms with Gasteiger partial charge in [-0.2, -0.15) is 0 Å². The van der Waals surface area contributed by atoms with Crippen molar-refractivity contribution < 1.29 is 19.8 Å². The molecule has 0 heterocycles. The van der Waals surface area contributed by atoms with Gasteiger partial charge in [0.15, 0.2) is 0 Å². The van der Waals surface area contributed by atoms with E-state index in [9.17, 15) is 9.59 Å². The molecule has 6 nitrogen and oxygen atoms in total. The molecule has 0 atom stereocenters. The predicted molar refractivity (Wildman–Crippen MR) is 89.1 cm³/mol. The first-order chi connectivity index (χ1) is 10.1. The molecule has 0 unspecified atom stereocenters. The predicted octanol–water partition coefficient (Wildman–Crippen LogP) is 1.94. The molecule has 0 aliphatic rings. The molecule has 0 aliphatic heterocycles. The first-order valence-electron chi connectivity index (χ1n) is 7.17. The topological polar surface area (TPSA) is 81.1 Å². The van der Waals surface area contributed by atoms with Gasteiger partial charge in [-0.1, -0.05) is 12.2 Å². The van der Waals surface area contributed by atoms with Crippen molar-refractivity contribution in [2.24, 2.45) is 0 Å². The molecule has 0 saturated heterocycles. The maximum atomic E-state index is 10.3. The van der Waals surface area contributed by atoms with Gasteiger partial charge in [0, 0.05) is 24.2 Å². The molecule has 0 amide bonds. The van der Waals surface area contributed by atoms with Crippen LogP contribution >= 0.6 is 0 Å². The minimum Gasteiger partial charge on any atom is -0.478 e. The molecule has 0 aromatic rings. The van der Waals surface area contributed by atoms with Crippen LogP contribution in [0.3, 0.4) is 0 Å². The Balaban J connectivity index is 0. The molecule has 6 heteroatoms. The number of rotatable bonds is 8. The van der Waals surface area contributed by atoms with Gasteiger partial charge in [0.25, 0.3) is 0 Å². The van der Waals surface area contributed by atoms with Crippen LogP contribution in [0.5, 0.6) is 0 Å². The average molecular weight is 314 g/mol. The lowest BCUT2D eigenvalue weighted by atomic mass is 10.2. The van der Waals surface area contributed by atoms with Crippen LogP contribution in [0.15, 0.2) is 23.3 Å². The highest BCUT2D eigenvalue weighted by Crippen LogP contribution is 1.96. The number of hydrogen-bond donors (Lipinski definition) is 2. The first kappa shape index (κ1) is 22.6. The zero-order valence-corrected chi connectivity index (χ0v) is 14.6. The molecular formula is C16H30N2O4. The molecule has 0 aliphatic carbocycles. The van der Waals surface area contributed by atoms with E-state index in [0.717, 1.165) is 25.9 Å². The Morgan fingerprint density at radius 2 is 1.05 bits per heavy atom. The van der Waals surface area contributed by atoms with Crippen molar-refractivity contribution in [2.45, 2.75) is 26.7 Å². The van der Waals surface area contributed by atoms with E-state index >= 15 is 0 Å². The lowest BCUT2D eigenvalue weighted by Gasteiger charge is -2.05. The van der Waals surface area contributed by atoms with Gasteiger partial charge in [0.1, 0.15) is 0 Å². The quantitative estimate of drug-likeness (QED) is 0.666. The van der Waals surface area contributed by atoms with E-state index in [-0.39, 0.29) is 0 Å². The second-order valence-corrected chi connectivity index (χ2v) is 5.57. The van der Waals surface area contributed by atoms with Crippen LogP contribution in [0.25, 0.3) is 0 Å². The van der Waals surface area contributed by atoms with E-state index in [1.165, 1.54) is 0 Å².